The van der Waals surface area contributed by atoms with Crippen molar-refractivity contribution in [3.05, 3.63) is 0 Å². The molecule has 0 bridgehead atoms. The molecule has 0 amide bonds. The lowest BCUT2D eigenvalue weighted by atomic mass is 10.0. The fourth-order valence-electron chi connectivity index (χ4n) is 3.02. The van der Waals surface area contributed by atoms with Gasteiger partial charge in [-0.15, -0.1) is 12.6 Å². The molecule has 2 nitrogen and oxygen atoms in total. The number of unbranched alkanes of at least 4 members (excludes halogenated alkanes) is 14. The molecule has 0 aliphatic carbocycles. The quantitative estimate of drug-likeness (QED) is 0.164. The van der Waals surface area contributed by atoms with Gasteiger partial charge in [-0.2, -0.15) is 0 Å². The maximum Gasteiger partial charge on any atom is 0.196 e. The molecule has 142 valence electrons. The van der Waals surface area contributed by atoms with Gasteiger partial charge in [0.1, 0.15) is 5.78 Å². The number of rotatable bonds is 18. The lowest BCUT2D eigenvalue weighted by Gasteiger charge is -2.06. The third kappa shape index (κ3) is 15.2. The van der Waals surface area contributed by atoms with E-state index in [4.69, 9.17) is 0 Å². The van der Waals surface area contributed by atoms with Gasteiger partial charge in [-0.3, -0.25) is 9.59 Å². The van der Waals surface area contributed by atoms with E-state index in [1.165, 1.54) is 83.5 Å². The van der Waals surface area contributed by atoms with Gasteiger partial charge in [0.25, 0.3) is 0 Å². The molecule has 3 heteroatoms. The molecule has 0 N–H and O–H groups in total. The lowest BCUT2D eigenvalue weighted by molar-refractivity contribution is -0.127. The van der Waals surface area contributed by atoms with E-state index >= 15 is 0 Å². The van der Waals surface area contributed by atoms with Crippen LogP contribution in [0.4, 0.5) is 0 Å². The second kappa shape index (κ2) is 17.5. The number of ketones is 1. The molecule has 0 heterocycles. The highest BCUT2D eigenvalue weighted by molar-refractivity contribution is 7.96. The predicted octanol–water partition coefficient (Wildman–Crippen LogP) is 6.91. The Labute approximate surface area is 156 Å². The molecular formula is C21H40O2S. The number of hydrogen-bond acceptors (Lipinski definition) is 2. The summed E-state index contributed by atoms with van der Waals surface area (Å²) in [6, 6.07) is 0. The van der Waals surface area contributed by atoms with Crippen molar-refractivity contribution in [2.75, 3.05) is 0 Å². The van der Waals surface area contributed by atoms with Crippen molar-refractivity contribution in [1.82, 2.24) is 0 Å². The molecule has 0 aromatic rings. The van der Waals surface area contributed by atoms with Crippen molar-refractivity contribution in [3.8, 4) is 0 Å². The number of hydrogen-bond donors (Lipinski definition) is 1. The van der Waals surface area contributed by atoms with Crippen LogP contribution in [0.15, 0.2) is 0 Å². The summed E-state index contributed by atoms with van der Waals surface area (Å²) in [6.07, 6.45) is 20.4. The summed E-state index contributed by atoms with van der Waals surface area (Å²) in [4.78, 5) is 22.6. The maximum atomic E-state index is 11.6. The maximum absolute atomic E-state index is 11.6. The second-order valence-corrected chi connectivity index (χ2v) is 7.67. The van der Waals surface area contributed by atoms with Crippen LogP contribution in [0.3, 0.4) is 0 Å². The molecule has 1 unspecified atom stereocenters. The van der Waals surface area contributed by atoms with Crippen molar-refractivity contribution in [2.24, 2.45) is 5.92 Å². The molecule has 0 radical (unpaired) electrons. The molecule has 0 saturated heterocycles. The minimum atomic E-state index is -0.528. The van der Waals surface area contributed by atoms with Crippen LogP contribution >= 0.6 is 12.6 Å². The predicted molar refractivity (Wildman–Crippen MR) is 108 cm³/mol. The van der Waals surface area contributed by atoms with Crippen LogP contribution < -0.4 is 0 Å². The van der Waals surface area contributed by atoms with E-state index in [9.17, 15) is 9.59 Å². The fraction of sp³-hybridized carbons (Fsp3) is 0.905. The number of Topliss-reactive ketones (excluding diaryl/α,β-unsaturated/α-hetero) is 1. The summed E-state index contributed by atoms with van der Waals surface area (Å²) in [6.45, 7) is 3.93. The van der Waals surface area contributed by atoms with Gasteiger partial charge >= 0.3 is 0 Å². The molecule has 0 aromatic carbocycles. The first kappa shape index (κ1) is 23.7. The Morgan fingerprint density at radius 2 is 1.00 bits per heavy atom. The Morgan fingerprint density at radius 3 is 1.33 bits per heavy atom. The smallest absolute Gasteiger partial charge is 0.196 e. The molecule has 0 fully saturated rings. The fourth-order valence-corrected chi connectivity index (χ4v) is 3.17. The van der Waals surface area contributed by atoms with Gasteiger partial charge in [-0.25, -0.2) is 0 Å². The third-order valence-electron chi connectivity index (χ3n) is 4.88. The van der Waals surface area contributed by atoms with Gasteiger partial charge in [-0.05, 0) is 13.3 Å². The minimum absolute atomic E-state index is 0.0460. The summed E-state index contributed by atoms with van der Waals surface area (Å²) in [5.41, 5.74) is 0. The average molecular weight is 357 g/mol. The van der Waals surface area contributed by atoms with Crippen molar-refractivity contribution in [3.63, 3.8) is 0 Å². The van der Waals surface area contributed by atoms with Crippen LogP contribution in [0.25, 0.3) is 0 Å². The zero-order valence-corrected chi connectivity index (χ0v) is 17.0. The van der Waals surface area contributed by atoms with Crippen molar-refractivity contribution < 1.29 is 9.59 Å². The lowest BCUT2D eigenvalue weighted by Crippen LogP contribution is -2.16. The summed E-state index contributed by atoms with van der Waals surface area (Å²) in [7, 11) is 0. The van der Waals surface area contributed by atoms with E-state index in [0.29, 0.717) is 6.42 Å². The van der Waals surface area contributed by atoms with Crippen LogP contribution in [0.1, 0.15) is 117 Å². The van der Waals surface area contributed by atoms with Crippen LogP contribution in [0.5, 0.6) is 0 Å². The van der Waals surface area contributed by atoms with Crippen LogP contribution in [-0.4, -0.2) is 10.9 Å². The number of thiol groups is 1. The first-order valence-electron chi connectivity index (χ1n) is 10.3. The van der Waals surface area contributed by atoms with Crippen LogP contribution in [0, 0.1) is 5.92 Å². The van der Waals surface area contributed by atoms with Gasteiger partial charge in [-0.1, -0.05) is 96.8 Å². The largest absolute Gasteiger partial charge is 0.299 e. The molecular weight excluding hydrogens is 316 g/mol. The average Bonchev–Trinajstić information content (AvgIpc) is 2.57. The van der Waals surface area contributed by atoms with E-state index in [1.54, 1.807) is 6.92 Å². The van der Waals surface area contributed by atoms with E-state index in [1.807, 2.05) is 0 Å². The summed E-state index contributed by atoms with van der Waals surface area (Å²) in [5, 5.41) is -0.305. The van der Waals surface area contributed by atoms with Gasteiger partial charge in [0.15, 0.2) is 5.12 Å². The van der Waals surface area contributed by atoms with Gasteiger partial charge in [0, 0.05) is 6.42 Å². The molecule has 0 aromatic heterocycles. The highest BCUT2D eigenvalue weighted by Gasteiger charge is 2.17. The minimum Gasteiger partial charge on any atom is -0.299 e. The highest BCUT2D eigenvalue weighted by Crippen LogP contribution is 2.14. The molecule has 0 aliphatic rings. The van der Waals surface area contributed by atoms with Gasteiger partial charge in [0.2, 0.25) is 0 Å². The number of carbonyl (C=O) groups excluding carboxylic acids is 2. The highest BCUT2D eigenvalue weighted by atomic mass is 32.1. The Balaban J connectivity index is 3.18. The first-order valence-corrected chi connectivity index (χ1v) is 10.8. The standard InChI is InChI=1S/C21H40O2S/c1-3-4-5-6-7-8-9-10-11-12-13-14-15-16-17-18-20(22)19(2)21(23)24/h19H,3-18H2,1-2H3,(H,23,24). The SMILES string of the molecule is CCCCCCCCCCCCCCCCCC(=O)C(C)C(=O)S. The Bertz CT molecular complexity index is 315. The van der Waals surface area contributed by atoms with Crippen molar-refractivity contribution in [1.29, 1.82) is 0 Å². The topological polar surface area (TPSA) is 34.1 Å². The first-order chi connectivity index (χ1) is 11.6. The zero-order chi connectivity index (χ0) is 18.0. The molecule has 0 aliphatic heterocycles. The van der Waals surface area contributed by atoms with E-state index in [0.717, 1.165) is 12.8 Å². The number of carbonyl (C=O) groups is 2. The van der Waals surface area contributed by atoms with E-state index < -0.39 is 5.92 Å². The molecule has 24 heavy (non-hydrogen) atoms. The summed E-state index contributed by atoms with van der Waals surface area (Å²) >= 11 is 3.72. The monoisotopic (exact) mass is 356 g/mol. The molecule has 1 atom stereocenters. The summed E-state index contributed by atoms with van der Waals surface area (Å²) in [5.74, 6) is -0.482. The van der Waals surface area contributed by atoms with E-state index in [2.05, 4.69) is 19.6 Å². The van der Waals surface area contributed by atoms with E-state index in [-0.39, 0.29) is 10.9 Å². The summed E-state index contributed by atoms with van der Waals surface area (Å²) < 4.78 is 0. The van der Waals surface area contributed by atoms with Crippen molar-refractivity contribution in [2.45, 2.75) is 117 Å². The second-order valence-electron chi connectivity index (χ2n) is 7.23. The Kier molecular flexibility index (Phi) is 17.3. The normalized spacial score (nSPS) is 12.3. The molecule has 0 rings (SSSR count). The van der Waals surface area contributed by atoms with Crippen LogP contribution in [-0.2, 0) is 9.59 Å². The third-order valence-corrected chi connectivity index (χ3v) is 5.27. The van der Waals surface area contributed by atoms with Gasteiger partial charge < -0.3 is 0 Å². The molecule has 0 spiro atoms. The Hall–Kier alpha value is -0.310. The Morgan fingerprint density at radius 1 is 0.667 bits per heavy atom. The zero-order valence-electron chi connectivity index (χ0n) is 16.2. The van der Waals surface area contributed by atoms with Gasteiger partial charge in [0.05, 0.1) is 5.92 Å². The van der Waals surface area contributed by atoms with Crippen LogP contribution in [0.2, 0.25) is 0 Å². The van der Waals surface area contributed by atoms with Crippen molar-refractivity contribution >= 4 is 23.5 Å². The molecule has 0 saturated carbocycles.